The Morgan fingerprint density at radius 2 is 1.86 bits per heavy atom. The van der Waals surface area contributed by atoms with Crippen LogP contribution >= 0.6 is 11.3 Å². The van der Waals surface area contributed by atoms with Crippen molar-refractivity contribution < 1.29 is 9.90 Å². The summed E-state index contributed by atoms with van der Waals surface area (Å²) >= 11 is 1.56. The molecule has 22 heavy (non-hydrogen) atoms. The highest BCUT2D eigenvalue weighted by molar-refractivity contribution is 7.10. The van der Waals surface area contributed by atoms with Gasteiger partial charge in [0.1, 0.15) is 5.01 Å². The SMILES string of the molecule is O=C(O)c1cccc(/C=C/c2nc(-c3ccccc3)cs2)c1. The topological polar surface area (TPSA) is 50.2 Å². The Morgan fingerprint density at radius 1 is 1.05 bits per heavy atom. The summed E-state index contributed by atoms with van der Waals surface area (Å²) in [6.45, 7) is 0. The molecule has 1 aromatic heterocycles. The lowest BCUT2D eigenvalue weighted by atomic mass is 10.1. The van der Waals surface area contributed by atoms with Crippen molar-refractivity contribution in [3.8, 4) is 11.3 Å². The first-order chi connectivity index (χ1) is 10.7. The zero-order valence-corrected chi connectivity index (χ0v) is 12.5. The van der Waals surface area contributed by atoms with Crippen LogP contribution in [-0.2, 0) is 0 Å². The van der Waals surface area contributed by atoms with Gasteiger partial charge in [-0.2, -0.15) is 0 Å². The van der Waals surface area contributed by atoms with Gasteiger partial charge in [-0.05, 0) is 23.8 Å². The third kappa shape index (κ3) is 3.30. The van der Waals surface area contributed by atoms with Crippen LogP contribution in [-0.4, -0.2) is 16.1 Å². The quantitative estimate of drug-likeness (QED) is 0.761. The first-order valence-corrected chi connectivity index (χ1v) is 7.63. The molecule has 0 fully saturated rings. The van der Waals surface area contributed by atoms with E-state index in [1.54, 1.807) is 29.5 Å². The fraction of sp³-hybridized carbons (Fsp3) is 0. The van der Waals surface area contributed by atoms with E-state index in [4.69, 9.17) is 5.11 Å². The number of rotatable bonds is 4. The summed E-state index contributed by atoms with van der Waals surface area (Å²) in [5.74, 6) is -0.920. The number of aromatic nitrogens is 1. The first-order valence-electron chi connectivity index (χ1n) is 6.75. The number of carboxylic acid groups (broad SMARTS) is 1. The Hall–Kier alpha value is -2.72. The van der Waals surface area contributed by atoms with E-state index < -0.39 is 5.97 Å². The molecule has 2 aromatic carbocycles. The van der Waals surface area contributed by atoms with Crippen molar-refractivity contribution in [3.63, 3.8) is 0 Å². The number of aromatic carboxylic acids is 1. The van der Waals surface area contributed by atoms with Crippen molar-refractivity contribution in [2.24, 2.45) is 0 Å². The predicted octanol–water partition coefficient (Wildman–Crippen LogP) is 4.68. The molecular formula is C18H13NO2S. The Bertz CT molecular complexity index is 822. The van der Waals surface area contributed by atoms with Crippen LogP contribution in [0.1, 0.15) is 20.9 Å². The molecule has 0 saturated carbocycles. The normalized spacial score (nSPS) is 10.9. The summed E-state index contributed by atoms with van der Waals surface area (Å²) in [6, 6.07) is 16.8. The number of hydrogen-bond acceptors (Lipinski definition) is 3. The van der Waals surface area contributed by atoms with Gasteiger partial charge in [-0.1, -0.05) is 48.5 Å². The Labute approximate surface area is 132 Å². The zero-order chi connectivity index (χ0) is 15.4. The molecule has 3 rings (SSSR count). The molecule has 108 valence electrons. The van der Waals surface area contributed by atoms with Crippen molar-refractivity contribution in [3.05, 3.63) is 76.1 Å². The summed E-state index contributed by atoms with van der Waals surface area (Å²) in [5, 5.41) is 11.9. The van der Waals surface area contributed by atoms with Crippen LogP contribution in [0, 0.1) is 0 Å². The molecule has 3 nitrogen and oxygen atoms in total. The Morgan fingerprint density at radius 3 is 2.64 bits per heavy atom. The molecule has 0 atom stereocenters. The highest BCUT2D eigenvalue weighted by Gasteiger charge is 2.03. The second-order valence-electron chi connectivity index (χ2n) is 4.70. The third-order valence-electron chi connectivity index (χ3n) is 3.14. The summed E-state index contributed by atoms with van der Waals surface area (Å²) in [7, 11) is 0. The molecule has 1 heterocycles. The van der Waals surface area contributed by atoms with Crippen LogP contribution in [0.4, 0.5) is 0 Å². The lowest BCUT2D eigenvalue weighted by Gasteiger charge is -1.96. The maximum absolute atomic E-state index is 11.0. The van der Waals surface area contributed by atoms with E-state index in [1.807, 2.05) is 53.9 Å². The van der Waals surface area contributed by atoms with E-state index in [-0.39, 0.29) is 5.56 Å². The molecule has 0 amide bonds. The number of benzene rings is 2. The average molecular weight is 307 g/mol. The first kappa shape index (κ1) is 14.2. The van der Waals surface area contributed by atoms with Crippen LogP contribution in [0.5, 0.6) is 0 Å². The largest absolute Gasteiger partial charge is 0.478 e. The third-order valence-corrected chi connectivity index (χ3v) is 3.95. The molecule has 0 aliphatic carbocycles. The van der Waals surface area contributed by atoms with Crippen molar-refractivity contribution in [2.75, 3.05) is 0 Å². The zero-order valence-electron chi connectivity index (χ0n) is 11.6. The van der Waals surface area contributed by atoms with E-state index in [0.29, 0.717) is 0 Å². The molecule has 4 heteroatoms. The van der Waals surface area contributed by atoms with Gasteiger partial charge in [0.25, 0.3) is 0 Å². The Balaban J connectivity index is 1.80. The summed E-state index contributed by atoms with van der Waals surface area (Å²) in [5.41, 5.74) is 3.17. The molecule has 0 bridgehead atoms. The van der Waals surface area contributed by atoms with Crippen LogP contribution in [0.15, 0.2) is 60.0 Å². The molecule has 0 spiro atoms. The molecule has 0 aliphatic rings. The minimum Gasteiger partial charge on any atom is -0.478 e. The number of nitrogens with zero attached hydrogens (tertiary/aromatic N) is 1. The molecule has 0 saturated heterocycles. The van der Waals surface area contributed by atoms with Gasteiger partial charge in [0, 0.05) is 10.9 Å². The smallest absolute Gasteiger partial charge is 0.335 e. The molecule has 0 aliphatic heterocycles. The average Bonchev–Trinajstić information content (AvgIpc) is 3.03. The standard InChI is InChI=1S/C18H13NO2S/c20-18(21)15-8-4-5-13(11-15)9-10-17-19-16(12-22-17)14-6-2-1-3-7-14/h1-12H,(H,20,21)/b10-9+. The van der Waals surface area contributed by atoms with Gasteiger partial charge in [-0.3, -0.25) is 0 Å². The number of thiazole rings is 1. The number of carboxylic acids is 1. The fourth-order valence-electron chi connectivity index (χ4n) is 2.05. The van der Waals surface area contributed by atoms with Crippen LogP contribution in [0.25, 0.3) is 23.4 Å². The van der Waals surface area contributed by atoms with Crippen LogP contribution < -0.4 is 0 Å². The van der Waals surface area contributed by atoms with E-state index in [0.717, 1.165) is 21.8 Å². The van der Waals surface area contributed by atoms with E-state index in [2.05, 4.69) is 4.98 Å². The highest BCUT2D eigenvalue weighted by Crippen LogP contribution is 2.22. The number of hydrogen-bond donors (Lipinski definition) is 1. The molecule has 1 N–H and O–H groups in total. The molecular weight excluding hydrogens is 294 g/mol. The predicted molar refractivity (Wildman–Crippen MR) is 89.9 cm³/mol. The maximum atomic E-state index is 11.0. The highest BCUT2D eigenvalue weighted by atomic mass is 32.1. The van der Waals surface area contributed by atoms with Crippen molar-refractivity contribution in [1.29, 1.82) is 0 Å². The Kier molecular flexibility index (Phi) is 4.12. The fourth-order valence-corrected chi connectivity index (χ4v) is 2.77. The van der Waals surface area contributed by atoms with Gasteiger partial charge in [-0.15, -0.1) is 11.3 Å². The van der Waals surface area contributed by atoms with Crippen LogP contribution in [0.3, 0.4) is 0 Å². The number of carbonyl (C=O) groups is 1. The van der Waals surface area contributed by atoms with Crippen LogP contribution in [0.2, 0.25) is 0 Å². The van der Waals surface area contributed by atoms with Gasteiger partial charge in [0.2, 0.25) is 0 Å². The monoisotopic (exact) mass is 307 g/mol. The minimum absolute atomic E-state index is 0.284. The van der Waals surface area contributed by atoms with Crippen molar-refractivity contribution >= 4 is 29.5 Å². The van der Waals surface area contributed by atoms with Gasteiger partial charge < -0.3 is 5.11 Å². The molecule has 0 radical (unpaired) electrons. The lowest BCUT2D eigenvalue weighted by Crippen LogP contribution is -1.95. The summed E-state index contributed by atoms with van der Waals surface area (Å²) in [4.78, 5) is 15.5. The second-order valence-corrected chi connectivity index (χ2v) is 5.59. The van der Waals surface area contributed by atoms with Crippen molar-refractivity contribution in [2.45, 2.75) is 0 Å². The summed E-state index contributed by atoms with van der Waals surface area (Å²) < 4.78 is 0. The van der Waals surface area contributed by atoms with Crippen molar-refractivity contribution in [1.82, 2.24) is 4.98 Å². The minimum atomic E-state index is -0.920. The van der Waals surface area contributed by atoms with Gasteiger partial charge in [-0.25, -0.2) is 9.78 Å². The van der Waals surface area contributed by atoms with Gasteiger partial charge in [0.15, 0.2) is 0 Å². The van der Waals surface area contributed by atoms with Gasteiger partial charge in [0.05, 0.1) is 11.3 Å². The molecule has 3 aromatic rings. The maximum Gasteiger partial charge on any atom is 0.335 e. The lowest BCUT2D eigenvalue weighted by molar-refractivity contribution is 0.0697. The van der Waals surface area contributed by atoms with E-state index in [1.165, 1.54) is 0 Å². The van der Waals surface area contributed by atoms with E-state index in [9.17, 15) is 4.79 Å². The summed E-state index contributed by atoms with van der Waals surface area (Å²) in [6.07, 6.45) is 3.78. The van der Waals surface area contributed by atoms with Gasteiger partial charge >= 0.3 is 5.97 Å². The molecule has 0 unspecified atom stereocenters. The van der Waals surface area contributed by atoms with E-state index >= 15 is 0 Å². The second kappa shape index (κ2) is 6.37.